The van der Waals surface area contributed by atoms with Crippen molar-refractivity contribution in [2.24, 2.45) is 38.7 Å². The summed E-state index contributed by atoms with van der Waals surface area (Å²) in [5.41, 5.74) is 25.4. The van der Waals surface area contributed by atoms with Crippen molar-refractivity contribution in [1.82, 2.24) is 5.32 Å². The number of aliphatic imine (C=N–C) groups is 2. The molecule has 0 spiro atoms. The molecular formula is C19H49N9O. The van der Waals surface area contributed by atoms with Gasteiger partial charge in [-0.3, -0.25) is 10.4 Å². The zero-order chi connectivity index (χ0) is 23.8. The number of hydrogen-bond acceptors (Lipinski definition) is 7. The van der Waals surface area contributed by atoms with Crippen LogP contribution in [0.1, 0.15) is 66.7 Å². The molecule has 0 unspecified atom stereocenters. The van der Waals surface area contributed by atoms with Crippen LogP contribution in [0.5, 0.6) is 0 Å². The van der Waals surface area contributed by atoms with E-state index in [4.69, 9.17) is 28.3 Å². The number of nitrogens with two attached hydrogens (primary N) is 5. The summed E-state index contributed by atoms with van der Waals surface area (Å²) in [7, 11) is 0. The number of carbonyl (C=O) groups is 1. The maximum Gasteiger partial charge on any atom is 0.312 e. The lowest BCUT2D eigenvalue weighted by Gasteiger charge is -1.93. The van der Waals surface area contributed by atoms with Gasteiger partial charge in [0, 0.05) is 12.3 Å². The van der Waals surface area contributed by atoms with Gasteiger partial charge < -0.3 is 34.0 Å². The summed E-state index contributed by atoms with van der Waals surface area (Å²) < 4.78 is 0. The predicted molar refractivity (Wildman–Crippen MR) is 130 cm³/mol. The van der Waals surface area contributed by atoms with E-state index in [0.717, 1.165) is 57.5 Å². The lowest BCUT2D eigenvalue weighted by Crippen LogP contribution is -2.29. The first-order valence-electron chi connectivity index (χ1n) is 10.2. The fraction of sp³-hybridized carbons (Fsp3) is 0.789. The second-order valence-electron chi connectivity index (χ2n) is 5.50. The van der Waals surface area contributed by atoms with Crippen LogP contribution in [0.3, 0.4) is 0 Å². The van der Waals surface area contributed by atoms with Crippen molar-refractivity contribution in [2.45, 2.75) is 66.7 Å². The summed E-state index contributed by atoms with van der Waals surface area (Å²) in [4.78, 5) is 17.6. The SMILES string of the molecule is CC1=NC=NC1.CCCCN.CCCN.CCCN.CCCNC(N)=O.N=CN. The largest absolute Gasteiger partial charge is 0.390 e. The summed E-state index contributed by atoms with van der Waals surface area (Å²) in [6.45, 7) is 14.1. The average molecular weight is 420 g/mol. The highest BCUT2D eigenvalue weighted by molar-refractivity contribution is 5.94. The van der Waals surface area contributed by atoms with Gasteiger partial charge in [-0.1, -0.05) is 34.1 Å². The summed E-state index contributed by atoms with van der Waals surface area (Å²) >= 11 is 0. The Bertz CT molecular complexity index is 339. The van der Waals surface area contributed by atoms with Gasteiger partial charge in [0.05, 0.1) is 12.9 Å². The molecule has 29 heavy (non-hydrogen) atoms. The maximum atomic E-state index is 9.87. The third-order valence-corrected chi connectivity index (χ3v) is 2.36. The number of amides is 2. The van der Waals surface area contributed by atoms with Gasteiger partial charge in [-0.25, -0.2) is 9.79 Å². The van der Waals surface area contributed by atoms with Crippen molar-refractivity contribution in [2.75, 3.05) is 32.7 Å². The zero-order valence-corrected chi connectivity index (χ0v) is 19.4. The molecule has 0 aromatic rings. The van der Waals surface area contributed by atoms with Gasteiger partial charge >= 0.3 is 6.03 Å². The molecule has 12 N–H and O–H groups in total. The smallest absolute Gasteiger partial charge is 0.312 e. The Morgan fingerprint density at radius 3 is 1.59 bits per heavy atom. The molecule has 176 valence electrons. The maximum absolute atomic E-state index is 9.87. The molecule has 0 bridgehead atoms. The van der Waals surface area contributed by atoms with Gasteiger partial charge in [-0.2, -0.15) is 0 Å². The molecular weight excluding hydrogens is 370 g/mol. The predicted octanol–water partition coefficient (Wildman–Crippen LogP) is 1.56. The van der Waals surface area contributed by atoms with Crippen LogP contribution in [0.2, 0.25) is 0 Å². The minimum Gasteiger partial charge on any atom is -0.390 e. The van der Waals surface area contributed by atoms with Crippen LogP contribution in [0, 0.1) is 5.41 Å². The van der Waals surface area contributed by atoms with E-state index in [1.165, 1.54) is 12.8 Å². The van der Waals surface area contributed by atoms with E-state index in [-0.39, 0.29) is 0 Å². The van der Waals surface area contributed by atoms with Crippen LogP contribution in [-0.4, -0.2) is 57.1 Å². The summed E-state index contributed by atoms with van der Waals surface area (Å²) in [6.07, 6.45) is 7.86. The molecule has 0 aromatic carbocycles. The summed E-state index contributed by atoms with van der Waals surface area (Å²) in [5, 5.41) is 8.30. The van der Waals surface area contributed by atoms with Gasteiger partial charge in [0.2, 0.25) is 0 Å². The Morgan fingerprint density at radius 2 is 1.52 bits per heavy atom. The first-order chi connectivity index (χ1) is 13.8. The molecule has 1 heterocycles. The molecule has 0 aliphatic carbocycles. The van der Waals surface area contributed by atoms with Crippen molar-refractivity contribution in [1.29, 1.82) is 5.41 Å². The molecule has 0 fully saturated rings. The van der Waals surface area contributed by atoms with Crippen molar-refractivity contribution in [3.8, 4) is 0 Å². The highest BCUT2D eigenvalue weighted by Crippen LogP contribution is 1.83. The van der Waals surface area contributed by atoms with E-state index in [2.05, 4.69) is 41.8 Å². The third-order valence-electron chi connectivity index (χ3n) is 2.36. The van der Waals surface area contributed by atoms with Gasteiger partial charge in [-0.05, 0) is 52.2 Å². The summed E-state index contributed by atoms with van der Waals surface area (Å²) in [6, 6.07) is -0.443. The monoisotopic (exact) mass is 419 g/mol. The number of hydrogen-bond donors (Lipinski definition) is 7. The lowest BCUT2D eigenvalue weighted by atomic mass is 10.3. The third kappa shape index (κ3) is 88.7. The molecule has 0 saturated heterocycles. The number of nitrogens with zero attached hydrogens (tertiary/aromatic N) is 2. The fourth-order valence-electron chi connectivity index (χ4n) is 0.805. The molecule has 2 amide bonds. The van der Waals surface area contributed by atoms with E-state index in [9.17, 15) is 4.79 Å². The van der Waals surface area contributed by atoms with E-state index in [0.29, 0.717) is 6.54 Å². The van der Waals surface area contributed by atoms with Crippen molar-refractivity contribution < 1.29 is 4.79 Å². The average Bonchev–Trinajstić information content (AvgIpc) is 3.20. The lowest BCUT2D eigenvalue weighted by molar-refractivity contribution is 0.249. The normalized spacial score (nSPS) is 9.72. The van der Waals surface area contributed by atoms with Crippen LogP contribution < -0.4 is 34.0 Å². The van der Waals surface area contributed by atoms with Gasteiger partial charge in [0.15, 0.2) is 0 Å². The van der Waals surface area contributed by atoms with E-state index >= 15 is 0 Å². The zero-order valence-electron chi connectivity index (χ0n) is 19.4. The molecule has 1 aliphatic heterocycles. The Morgan fingerprint density at radius 1 is 1.07 bits per heavy atom. The molecule has 1 aliphatic rings. The summed E-state index contributed by atoms with van der Waals surface area (Å²) in [5.74, 6) is 0. The van der Waals surface area contributed by atoms with Crippen molar-refractivity contribution in [3.05, 3.63) is 0 Å². The quantitative estimate of drug-likeness (QED) is 0.252. The van der Waals surface area contributed by atoms with E-state index in [1.54, 1.807) is 6.34 Å². The molecule has 0 radical (unpaired) electrons. The molecule has 10 nitrogen and oxygen atoms in total. The fourth-order valence-corrected chi connectivity index (χ4v) is 0.805. The van der Waals surface area contributed by atoms with Gasteiger partial charge in [-0.15, -0.1) is 0 Å². The number of primary amides is 1. The van der Waals surface area contributed by atoms with Crippen LogP contribution in [0.25, 0.3) is 0 Å². The molecule has 0 saturated carbocycles. The van der Waals surface area contributed by atoms with Crippen LogP contribution >= 0.6 is 0 Å². The highest BCUT2D eigenvalue weighted by Gasteiger charge is 1.89. The van der Waals surface area contributed by atoms with Crippen molar-refractivity contribution >= 4 is 24.4 Å². The molecule has 1 rings (SSSR count). The Balaban J connectivity index is -0.0000000814. The minimum absolute atomic E-state index is 0.443. The Labute approximate surface area is 178 Å². The second-order valence-corrected chi connectivity index (χ2v) is 5.50. The van der Waals surface area contributed by atoms with Crippen LogP contribution in [-0.2, 0) is 0 Å². The standard InChI is InChI=1S/C4H10N2O.C4H6N2.C4H11N.2C3H9N.CH4N2/c1-2-3-6-4(5)7;1-4-2-5-3-6-4;1-2-3-4-5;2*1-2-3-4;2-1-3/h2-3H2,1H3,(H3,5,6,7);3H,2H2,1H3;2-5H2,1H3;2*2-4H2,1H3;1H,(H3,2,3). The first-order valence-corrected chi connectivity index (χ1v) is 10.2. The first kappa shape index (κ1) is 37.7. The minimum atomic E-state index is -0.443. The number of rotatable bonds is 6. The highest BCUT2D eigenvalue weighted by atomic mass is 16.2. The topological polar surface area (TPSA) is 208 Å². The van der Waals surface area contributed by atoms with E-state index < -0.39 is 6.03 Å². The van der Waals surface area contributed by atoms with Crippen LogP contribution in [0.4, 0.5) is 4.79 Å². The second kappa shape index (κ2) is 45.0. The molecule has 0 aromatic heterocycles. The number of nitrogens with one attached hydrogen (secondary N) is 2. The number of carbonyl (C=O) groups excluding carboxylic acids is 1. The van der Waals surface area contributed by atoms with Gasteiger partial charge in [0.25, 0.3) is 0 Å². The molecule has 10 heteroatoms. The Kier molecular flexibility index (Phi) is 58.4. The number of unbranched alkanes of at least 4 members (excludes halogenated alkanes) is 1. The van der Waals surface area contributed by atoms with Crippen molar-refractivity contribution in [3.63, 3.8) is 0 Å². The van der Waals surface area contributed by atoms with Gasteiger partial charge in [0.1, 0.15) is 6.34 Å². The molecule has 0 atom stereocenters. The van der Waals surface area contributed by atoms with Crippen LogP contribution in [0.15, 0.2) is 9.98 Å². The Hall–Kier alpha value is -2.04. The number of urea groups is 1. The van der Waals surface area contributed by atoms with E-state index in [1.807, 2.05) is 13.8 Å².